The largest absolute Gasteiger partial charge is 0.710 e. The maximum Gasteiger partial charge on any atom is 0.331 e. The molecule has 7 heteroatoms. The standard InChI is InChI=1S/C19H21N3O4/c23-20-17-14-8-2-4-11-5-3-9-15(16(11)14)18(17)21(24)19(20)12-6-1-7-13(10-12)22(25)26/h1,6-7,10-11,14-16,23H,2-5,8-9H2. The Morgan fingerprint density at radius 3 is 2.62 bits per heavy atom. The normalized spacial score (nSPS) is 29.2. The lowest BCUT2D eigenvalue weighted by Gasteiger charge is -2.40. The van der Waals surface area contributed by atoms with Gasteiger partial charge >= 0.3 is 5.82 Å². The van der Waals surface area contributed by atoms with Gasteiger partial charge in [-0.2, -0.15) is 0 Å². The molecule has 0 amide bonds. The van der Waals surface area contributed by atoms with Gasteiger partial charge in [-0.05, 0) is 35.5 Å². The lowest BCUT2D eigenvalue weighted by atomic mass is 9.64. The fraction of sp³-hybridized carbons (Fsp3) is 0.526. The third-order valence-electron chi connectivity index (χ3n) is 6.77. The van der Waals surface area contributed by atoms with Crippen molar-refractivity contribution >= 4 is 5.69 Å². The number of imidazole rings is 1. The number of fused-ring (bicyclic) bond motifs is 3. The van der Waals surface area contributed by atoms with E-state index in [1.165, 1.54) is 25.0 Å². The molecule has 4 atom stereocenters. The van der Waals surface area contributed by atoms with Gasteiger partial charge in [0, 0.05) is 24.0 Å². The topological polar surface area (TPSA) is 95.2 Å². The Kier molecular flexibility index (Phi) is 3.29. The van der Waals surface area contributed by atoms with Crippen LogP contribution in [0.1, 0.15) is 61.7 Å². The van der Waals surface area contributed by atoms with Crippen LogP contribution in [0.2, 0.25) is 0 Å². The highest BCUT2D eigenvalue weighted by Gasteiger charge is 2.55. The maximum absolute atomic E-state index is 13.2. The zero-order valence-corrected chi connectivity index (χ0v) is 14.4. The minimum Gasteiger partial charge on any atom is -0.710 e. The van der Waals surface area contributed by atoms with Crippen molar-refractivity contribution < 1.29 is 14.9 Å². The van der Waals surface area contributed by atoms with E-state index in [0.29, 0.717) is 23.1 Å². The van der Waals surface area contributed by atoms with Gasteiger partial charge < -0.3 is 10.4 Å². The second kappa shape index (κ2) is 5.46. The molecule has 3 aliphatic rings. The van der Waals surface area contributed by atoms with E-state index < -0.39 is 4.92 Å². The Bertz CT molecular complexity index is 865. The highest BCUT2D eigenvalue weighted by atomic mass is 16.6. The van der Waals surface area contributed by atoms with Crippen molar-refractivity contribution in [2.45, 2.75) is 50.4 Å². The summed E-state index contributed by atoms with van der Waals surface area (Å²) >= 11 is 0. The first kappa shape index (κ1) is 15.7. The summed E-state index contributed by atoms with van der Waals surface area (Å²) in [4.78, 5) is 10.6. The molecule has 0 spiro atoms. The maximum atomic E-state index is 13.2. The Morgan fingerprint density at radius 1 is 1.15 bits per heavy atom. The lowest BCUT2D eigenvalue weighted by Crippen LogP contribution is -2.37. The third-order valence-corrected chi connectivity index (χ3v) is 6.77. The van der Waals surface area contributed by atoms with Crippen LogP contribution < -0.4 is 4.73 Å². The van der Waals surface area contributed by atoms with Crippen LogP contribution in [0, 0.1) is 27.2 Å². The Hall–Kier alpha value is -2.57. The summed E-state index contributed by atoms with van der Waals surface area (Å²) in [5.41, 5.74) is 1.75. The Morgan fingerprint density at radius 2 is 1.88 bits per heavy atom. The fourth-order valence-corrected chi connectivity index (χ4v) is 5.90. The predicted octanol–water partition coefficient (Wildman–Crippen LogP) is 3.72. The molecule has 5 rings (SSSR count). The molecule has 1 N–H and O–H groups in total. The molecule has 2 aromatic rings. The van der Waals surface area contributed by atoms with E-state index in [1.54, 1.807) is 12.1 Å². The van der Waals surface area contributed by atoms with Gasteiger partial charge in [-0.1, -0.05) is 31.7 Å². The van der Waals surface area contributed by atoms with Gasteiger partial charge in [0.15, 0.2) is 11.4 Å². The second-order valence-electron chi connectivity index (χ2n) is 7.92. The SMILES string of the molecule is O=[N+]([O-])c1cccc(-c2n(O)c3c([n+]2[O-])C2CCCC4CCCC3C42)c1. The van der Waals surface area contributed by atoms with Gasteiger partial charge in [0.25, 0.3) is 5.69 Å². The van der Waals surface area contributed by atoms with E-state index in [4.69, 9.17) is 0 Å². The predicted molar refractivity (Wildman–Crippen MR) is 92.8 cm³/mol. The minimum atomic E-state index is -0.486. The van der Waals surface area contributed by atoms with Crippen LogP contribution >= 0.6 is 0 Å². The monoisotopic (exact) mass is 355 g/mol. The van der Waals surface area contributed by atoms with Crippen molar-refractivity contribution in [3.63, 3.8) is 0 Å². The molecule has 7 nitrogen and oxygen atoms in total. The summed E-state index contributed by atoms with van der Waals surface area (Å²) in [5.74, 6) is 1.66. The molecule has 2 fully saturated rings. The van der Waals surface area contributed by atoms with Gasteiger partial charge in [-0.15, -0.1) is 0 Å². The van der Waals surface area contributed by atoms with Crippen LogP contribution in [0.15, 0.2) is 24.3 Å². The Labute approximate surface area is 150 Å². The molecule has 1 heterocycles. The molecule has 26 heavy (non-hydrogen) atoms. The fourth-order valence-electron chi connectivity index (χ4n) is 5.90. The third kappa shape index (κ3) is 1.97. The van der Waals surface area contributed by atoms with Crippen molar-refractivity contribution in [2.24, 2.45) is 11.8 Å². The number of nitrogens with zero attached hydrogens (tertiary/aromatic N) is 3. The number of benzene rings is 1. The van der Waals surface area contributed by atoms with E-state index in [9.17, 15) is 20.5 Å². The molecule has 0 radical (unpaired) electrons. The molecule has 1 aromatic carbocycles. The molecule has 2 saturated carbocycles. The van der Waals surface area contributed by atoms with Crippen molar-refractivity contribution in [1.82, 2.24) is 4.73 Å². The van der Waals surface area contributed by atoms with Gasteiger partial charge in [0.2, 0.25) is 0 Å². The first-order valence-corrected chi connectivity index (χ1v) is 9.40. The quantitative estimate of drug-likeness (QED) is 0.292. The molecular weight excluding hydrogens is 334 g/mol. The molecule has 4 unspecified atom stereocenters. The molecule has 0 aliphatic heterocycles. The number of aromatic nitrogens is 2. The first-order valence-electron chi connectivity index (χ1n) is 9.40. The highest BCUT2D eigenvalue weighted by molar-refractivity contribution is 5.58. The van der Waals surface area contributed by atoms with Gasteiger partial charge in [0.1, 0.15) is 0 Å². The summed E-state index contributed by atoms with van der Waals surface area (Å²) in [5, 5.41) is 35.1. The smallest absolute Gasteiger partial charge is 0.331 e. The zero-order chi connectivity index (χ0) is 18.0. The lowest BCUT2D eigenvalue weighted by molar-refractivity contribution is -0.604. The van der Waals surface area contributed by atoms with E-state index in [2.05, 4.69) is 0 Å². The molecule has 136 valence electrons. The average Bonchev–Trinajstić information content (AvgIpc) is 3.11. The average molecular weight is 355 g/mol. The summed E-state index contributed by atoms with van der Waals surface area (Å²) in [7, 11) is 0. The van der Waals surface area contributed by atoms with Crippen LogP contribution in [-0.4, -0.2) is 14.9 Å². The number of nitro groups is 1. The Balaban J connectivity index is 1.67. The number of rotatable bonds is 2. The van der Waals surface area contributed by atoms with Crippen LogP contribution in [0.3, 0.4) is 0 Å². The zero-order valence-electron chi connectivity index (χ0n) is 14.4. The van der Waals surface area contributed by atoms with E-state index in [0.717, 1.165) is 40.8 Å². The summed E-state index contributed by atoms with van der Waals surface area (Å²) in [6.45, 7) is 0. The van der Waals surface area contributed by atoms with Crippen LogP contribution in [0.25, 0.3) is 11.4 Å². The molecule has 1 aromatic heterocycles. The molecular formula is C19H21N3O4. The number of hydrogen-bond donors (Lipinski definition) is 1. The summed E-state index contributed by atoms with van der Waals surface area (Å²) in [6.07, 6.45) is 6.71. The number of non-ortho nitro benzene ring substituents is 1. The first-order chi connectivity index (χ1) is 12.6. The van der Waals surface area contributed by atoms with Crippen LogP contribution in [-0.2, 0) is 0 Å². The molecule has 0 bridgehead atoms. The highest BCUT2D eigenvalue weighted by Crippen LogP contribution is 2.59. The minimum absolute atomic E-state index is 0.0860. The van der Waals surface area contributed by atoms with Crippen molar-refractivity contribution in [2.75, 3.05) is 0 Å². The van der Waals surface area contributed by atoms with Crippen LogP contribution in [0.5, 0.6) is 0 Å². The summed E-state index contributed by atoms with van der Waals surface area (Å²) < 4.78 is 1.88. The number of nitro benzene ring substituents is 1. The van der Waals surface area contributed by atoms with Crippen LogP contribution in [0.4, 0.5) is 5.69 Å². The number of hydrogen-bond acceptors (Lipinski definition) is 4. The molecule has 0 saturated heterocycles. The van der Waals surface area contributed by atoms with E-state index in [-0.39, 0.29) is 23.3 Å². The van der Waals surface area contributed by atoms with Gasteiger partial charge in [0.05, 0.1) is 10.5 Å². The van der Waals surface area contributed by atoms with Crippen molar-refractivity contribution in [1.29, 1.82) is 0 Å². The van der Waals surface area contributed by atoms with E-state index in [1.807, 2.05) is 0 Å². The van der Waals surface area contributed by atoms with Gasteiger partial charge in [-0.3, -0.25) is 10.1 Å². The molecule has 3 aliphatic carbocycles. The second-order valence-corrected chi connectivity index (χ2v) is 7.92. The van der Waals surface area contributed by atoms with Crippen molar-refractivity contribution in [3.8, 4) is 11.4 Å². The van der Waals surface area contributed by atoms with Crippen molar-refractivity contribution in [3.05, 3.63) is 51.0 Å². The van der Waals surface area contributed by atoms with E-state index >= 15 is 0 Å². The summed E-state index contributed by atoms with van der Waals surface area (Å²) in [6, 6.07) is 5.93. The van der Waals surface area contributed by atoms with Gasteiger partial charge in [-0.25, -0.2) is 4.73 Å².